The molecule has 0 bridgehead atoms. The third-order valence-electron chi connectivity index (χ3n) is 3.09. The van der Waals surface area contributed by atoms with Crippen molar-refractivity contribution in [1.82, 2.24) is 4.98 Å². The Hall–Kier alpha value is -1.62. The van der Waals surface area contributed by atoms with Gasteiger partial charge in [0.1, 0.15) is 10.8 Å². The number of ether oxygens (including phenoxy) is 1. The van der Waals surface area contributed by atoms with Gasteiger partial charge >= 0.3 is 0 Å². The molecule has 0 saturated heterocycles. The van der Waals surface area contributed by atoms with Crippen molar-refractivity contribution in [2.45, 2.75) is 6.54 Å². The number of nitrogens with two attached hydrogens (primary N) is 1. The summed E-state index contributed by atoms with van der Waals surface area (Å²) in [6, 6.07) is 13.7. The molecule has 3 nitrogen and oxygen atoms in total. The molecule has 0 fully saturated rings. The number of halogens is 2. The molecule has 0 amide bonds. The van der Waals surface area contributed by atoms with Gasteiger partial charge in [0.2, 0.25) is 5.88 Å². The average molecular weight is 364 g/mol. The molecule has 2 N–H and O–H groups in total. The van der Waals surface area contributed by atoms with E-state index in [-0.39, 0.29) is 0 Å². The van der Waals surface area contributed by atoms with Gasteiger partial charge in [0.05, 0.1) is 0 Å². The molecule has 0 aliphatic carbocycles. The van der Waals surface area contributed by atoms with E-state index in [0.29, 0.717) is 23.2 Å². The van der Waals surface area contributed by atoms with Crippen LogP contribution in [0.1, 0.15) is 5.56 Å². The molecule has 106 valence electrons. The minimum atomic E-state index is 0.380. The first-order valence-electron chi connectivity index (χ1n) is 6.37. The van der Waals surface area contributed by atoms with Crippen molar-refractivity contribution in [3.8, 4) is 11.6 Å². The van der Waals surface area contributed by atoms with Crippen LogP contribution < -0.4 is 10.5 Å². The van der Waals surface area contributed by atoms with E-state index in [4.69, 9.17) is 22.1 Å². The zero-order valence-electron chi connectivity index (χ0n) is 11.0. The van der Waals surface area contributed by atoms with Gasteiger partial charge in [0, 0.05) is 17.2 Å². The van der Waals surface area contributed by atoms with Crippen LogP contribution in [0.25, 0.3) is 10.8 Å². The van der Waals surface area contributed by atoms with Crippen molar-refractivity contribution in [3.05, 3.63) is 63.7 Å². The van der Waals surface area contributed by atoms with E-state index < -0.39 is 0 Å². The van der Waals surface area contributed by atoms with Crippen LogP contribution in [0.4, 0.5) is 0 Å². The number of rotatable bonds is 3. The third kappa shape index (κ3) is 3.18. The Labute approximate surface area is 135 Å². The predicted octanol–water partition coefficient (Wildman–Crippen LogP) is 4.90. The largest absolute Gasteiger partial charge is 0.438 e. The van der Waals surface area contributed by atoms with Crippen LogP contribution in [0.5, 0.6) is 11.6 Å². The summed E-state index contributed by atoms with van der Waals surface area (Å²) in [4.78, 5) is 4.20. The Morgan fingerprint density at radius 3 is 2.62 bits per heavy atom. The van der Waals surface area contributed by atoms with Gasteiger partial charge in [-0.1, -0.05) is 39.7 Å². The molecule has 0 aliphatic rings. The molecular weight excluding hydrogens is 352 g/mol. The first kappa shape index (κ1) is 14.3. The summed E-state index contributed by atoms with van der Waals surface area (Å²) < 4.78 is 6.80. The topological polar surface area (TPSA) is 48.1 Å². The minimum Gasteiger partial charge on any atom is -0.438 e. The number of benzene rings is 2. The summed E-state index contributed by atoms with van der Waals surface area (Å²) in [5.41, 5.74) is 6.42. The number of nitrogens with zero attached hydrogens (tertiary/aromatic N) is 1. The van der Waals surface area contributed by atoms with Crippen molar-refractivity contribution >= 4 is 38.3 Å². The highest BCUT2D eigenvalue weighted by Crippen LogP contribution is 2.30. The molecule has 3 aromatic rings. The second kappa shape index (κ2) is 6.02. The zero-order chi connectivity index (χ0) is 14.8. The molecule has 21 heavy (non-hydrogen) atoms. The Morgan fingerprint density at radius 2 is 1.86 bits per heavy atom. The fourth-order valence-electron chi connectivity index (χ4n) is 2.02. The van der Waals surface area contributed by atoms with E-state index in [0.717, 1.165) is 20.8 Å². The van der Waals surface area contributed by atoms with Gasteiger partial charge in [-0.15, -0.1) is 0 Å². The smallest absolute Gasteiger partial charge is 0.238 e. The van der Waals surface area contributed by atoms with E-state index in [9.17, 15) is 0 Å². The standard InChI is InChI=1S/C16H12BrClN2O/c17-13-3-1-12-7-14(4-2-11(12)6-13)21-16-15(18)5-10(8-19)9-20-16/h1-7,9H,8,19H2. The predicted molar refractivity (Wildman–Crippen MR) is 88.9 cm³/mol. The van der Waals surface area contributed by atoms with Crippen LogP contribution in [0.2, 0.25) is 5.02 Å². The van der Waals surface area contributed by atoms with Crippen molar-refractivity contribution < 1.29 is 4.74 Å². The van der Waals surface area contributed by atoms with Crippen molar-refractivity contribution in [3.63, 3.8) is 0 Å². The highest BCUT2D eigenvalue weighted by Gasteiger charge is 2.07. The van der Waals surface area contributed by atoms with Gasteiger partial charge in [-0.3, -0.25) is 0 Å². The van der Waals surface area contributed by atoms with Crippen LogP contribution in [0, 0.1) is 0 Å². The maximum atomic E-state index is 6.15. The van der Waals surface area contributed by atoms with E-state index in [2.05, 4.69) is 27.0 Å². The molecule has 1 aromatic heterocycles. The zero-order valence-corrected chi connectivity index (χ0v) is 13.4. The summed E-state index contributed by atoms with van der Waals surface area (Å²) in [6.07, 6.45) is 1.67. The minimum absolute atomic E-state index is 0.380. The fraction of sp³-hybridized carbons (Fsp3) is 0.0625. The second-order valence-electron chi connectivity index (χ2n) is 4.59. The molecule has 0 atom stereocenters. The Balaban J connectivity index is 1.92. The van der Waals surface area contributed by atoms with Gasteiger partial charge in [0.15, 0.2) is 0 Å². The van der Waals surface area contributed by atoms with Gasteiger partial charge in [-0.05, 0) is 46.7 Å². The summed E-state index contributed by atoms with van der Waals surface area (Å²) >= 11 is 9.61. The second-order valence-corrected chi connectivity index (χ2v) is 5.91. The maximum absolute atomic E-state index is 6.15. The summed E-state index contributed by atoms with van der Waals surface area (Å²) in [5, 5.41) is 2.67. The van der Waals surface area contributed by atoms with Gasteiger partial charge in [-0.25, -0.2) is 4.98 Å². The fourth-order valence-corrected chi connectivity index (χ4v) is 2.63. The third-order valence-corrected chi connectivity index (χ3v) is 3.85. The molecule has 3 rings (SSSR count). The van der Waals surface area contributed by atoms with Crippen molar-refractivity contribution in [2.75, 3.05) is 0 Å². The van der Waals surface area contributed by atoms with Gasteiger partial charge in [0.25, 0.3) is 0 Å². The number of aromatic nitrogens is 1. The molecule has 0 unspecified atom stereocenters. The first-order valence-corrected chi connectivity index (χ1v) is 7.54. The lowest BCUT2D eigenvalue weighted by atomic mass is 10.1. The Morgan fingerprint density at radius 1 is 1.10 bits per heavy atom. The average Bonchev–Trinajstić information content (AvgIpc) is 2.49. The van der Waals surface area contributed by atoms with Gasteiger partial charge < -0.3 is 10.5 Å². The maximum Gasteiger partial charge on any atom is 0.238 e. The van der Waals surface area contributed by atoms with Crippen LogP contribution in [0.3, 0.4) is 0 Å². The van der Waals surface area contributed by atoms with E-state index in [1.54, 1.807) is 12.3 Å². The molecular formula is C16H12BrClN2O. The molecule has 0 spiro atoms. The normalized spacial score (nSPS) is 10.8. The highest BCUT2D eigenvalue weighted by atomic mass is 79.9. The van der Waals surface area contributed by atoms with Crippen molar-refractivity contribution in [1.29, 1.82) is 0 Å². The van der Waals surface area contributed by atoms with Crippen LogP contribution in [0.15, 0.2) is 53.1 Å². The lowest BCUT2D eigenvalue weighted by Crippen LogP contribution is -1.98. The number of hydrogen-bond donors (Lipinski definition) is 1. The molecule has 2 aromatic carbocycles. The highest BCUT2D eigenvalue weighted by molar-refractivity contribution is 9.10. The van der Waals surface area contributed by atoms with E-state index in [1.807, 2.05) is 30.3 Å². The van der Waals surface area contributed by atoms with Crippen LogP contribution >= 0.6 is 27.5 Å². The number of fused-ring (bicyclic) bond motifs is 1. The molecule has 5 heteroatoms. The Bertz CT molecular complexity index is 807. The quantitative estimate of drug-likeness (QED) is 0.720. The summed E-state index contributed by atoms with van der Waals surface area (Å²) in [5.74, 6) is 1.07. The lowest BCUT2D eigenvalue weighted by molar-refractivity contribution is 0.463. The molecule has 0 saturated carbocycles. The van der Waals surface area contributed by atoms with Gasteiger partial charge in [-0.2, -0.15) is 0 Å². The van der Waals surface area contributed by atoms with E-state index >= 15 is 0 Å². The number of pyridine rings is 1. The van der Waals surface area contributed by atoms with Crippen molar-refractivity contribution in [2.24, 2.45) is 5.73 Å². The monoisotopic (exact) mass is 362 g/mol. The lowest BCUT2D eigenvalue weighted by Gasteiger charge is -2.08. The first-order chi connectivity index (χ1) is 10.2. The van der Waals surface area contributed by atoms with E-state index in [1.165, 1.54) is 0 Å². The Kier molecular flexibility index (Phi) is 4.10. The molecule has 1 heterocycles. The summed E-state index contributed by atoms with van der Waals surface area (Å²) in [6.45, 7) is 0.401. The SMILES string of the molecule is NCc1cnc(Oc2ccc3cc(Br)ccc3c2)c(Cl)c1. The van der Waals surface area contributed by atoms with Crippen LogP contribution in [-0.4, -0.2) is 4.98 Å². The van der Waals surface area contributed by atoms with Crippen LogP contribution in [-0.2, 0) is 6.54 Å². The number of hydrogen-bond acceptors (Lipinski definition) is 3. The molecule has 0 aliphatic heterocycles. The molecule has 0 radical (unpaired) electrons. The summed E-state index contributed by atoms with van der Waals surface area (Å²) in [7, 11) is 0.